The second-order valence-corrected chi connectivity index (χ2v) is 4.48. The number of likely N-dealkylation sites (N-methyl/N-ethyl adjacent to an activating group) is 1. The normalized spacial score (nSPS) is 17.9. The molecule has 0 spiro atoms. The van der Waals surface area contributed by atoms with E-state index < -0.39 is 0 Å². The zero-order chi connectivity index (χ0) is 12.1. The fourth-order valence-corrected chi connectivity index (χ4v) is 2.27. The molecule has 1 aromatic rings. The highest BCUT2D eigenvalue weighted by Gasteiger charge is 2.16. The molecule has 0 atom stereocenters. The number of hydrogen-bond acceptors (Lipinski definition) is 3. The average Bonchev–Trinajstić information content (AvgIpc) is 2.40. The molecule has 0 N–H and O–H groups in total. The maximum absolute atomic E-state index is 9.05. The molecule has 1 aromatic carbocycles. The minimum atomic E-state index is 0.811. The minimum absolute atomic E-state index is 0.811. The van der Waals surface area contributed by atoms with Crippen LogP contribution in [0.5, 0.6) is 0 Å². The minimum Gasteiger partial charge on any atom is -0.301 e. The van der Waals surface area contributed by atoms with Crippen molar-refractivity contribution in [3.8, 4) is 6.07 Å². The third kappa shape index (κ3) is 3.06. The molecule has 0 aliphatic carbocycles. The highest BCUT2D eigenvalue weighted by molar-refractivity contribution is 5.37. The lowest BCUT2D eigenvalue weighted by molar-refractivity contribution is 0.132. The average molecular weight is 229 g/mol. The lowest BCUT2D eigenvalue weighted by atomic mass is 10.1. The maximum atomic E-state index is 9.05. The molecule has 1 aliphatic rings. The van der Waals surface area contributed by atoms with Crippen molar-refractivity contribution < 1.29 is 0 Å². The first kappa shape index (κ1) is 12.1. The van der Waals surface area contributed by atoms with E-state index in [-0.39, 0.29) is 0 Å². The molecule has 2 rings (SSSR count). The molecule has 3 heteroatoms. The number of nitriles is 1. The van der Waals surface area contributed by atoms with Crippen LogP contribution in [0.15, 0.2) is 24.3 Å². The van der Waals surface area contributed by atoms with Gasteiger partial charge < -0.3 is 4.90 Å². The highest BCUT2D eigenvalue weighted by Crippen LogP contribution is 2.12. The quantitative estimate of drug-likeness (QED) is 0.790. The van der Waals surface area contributed by atoms with Crippen molar-refractivity contribution in [3.63, 3.8) is 0 Å². The first-order chi connectivity index (χ1) is 8.33. The Morgan fingerprint density at radius 2 is 1.76 bits per heavy atom. The topological polar surface area (TPSA) is 30.3 Å². The molecule has 1 saturated heterocycles. The third-order valence-corrected chi connectivity index (χ3v) is 3.44. The van der Waals surface area contributed by atoms with Crippen LogP contribution in [-0.4, -0.2) is 42.5 Å². The van der Waals surface area contributed by atoms with Crippen LogP contribution in [0, 0.1) is 11.3 Å². The summed E-state index contributed by atoms with van der Waals surface area (Å²) < 4.78 is 0. The molecule has 1 heterocycles. The molecule has 3 nitrogen and oxygen atoms in total. The van der Waals surface area contributed by atoms with Gasteiger partial charge in [0.25, 0.3) is 0 Å². The number of piperazine rings is 1. The second-order valence-electron chi connectivity index (χ2n) is 4.48. The highest BCUT2D eigenvalue weighted by atomic mass is 15.3. The van der Waals surface area contributed by atoms with Gasteiger partial charge in [-0.05, 0) is 18.2 Å². The Labute approximate surface area is 103 Å². The molecule has 0 bridgehead atoms. The van der Waals surface area contributed by atoms with Crippen molar-refractivity contribution >= 4 is 0 Å². The predicted octanol–water partition coefficient (Wildman–Crippen LogP) is 1.70. The summed E-state index contributed by atoms with van der Waals surface area (Å²) in [4.78, 5) is 4.90. The van der Waals surface area contributed by atoms with Gasteiger partial charge in [0.15, 0.2) is 0 Å². The van der Waals surface area contributed by atoms with E-state index in [9.17, 15) is 0 Å². The van der Waals surface area contributed by atoms with Crippen molar-refractivity contribution in [2.75, 3.05) is 32.7 Å². The van der Waals surface area contributed by atoms with E-state index in [0.29, 0.717) is 0 Å². The Kier molecular flexibility index (Phi) is 4.13. The summed E-state index contributed by atoms with van der Waals surface area (Å²) >= 11 is 0. The fraction of sp³-hybridized carbons (Fsp3) is 0.500. The van der Waals surface area contributed by atoms with Crippen molar-refractivity contribution in [1.29, 1.82) is 5.26 Å². The van der Waals surface area contributed by atoms with E-state index in [1.54, 1.807) is 0 Å². The number of rotatable bonds is 3. The van der Waals surface area contributed by atoms with Gasteiger partial charge >= 0.3 is 0 Å². The third-order valence-electron chi connectivity index (χ3n) is 3.44. The van der Waals surface area contributed by atoms with Gasteiger partial charge in [0.2, 0.25) is 0 Å². The zero-order valence-electron chi connectivity index (χ0n) is 10.4. The summed E-state index contributed by atoms with van der Waals surface area (Å²) in [6, 6.07) is 10.2. The van der Waals surface area contributed by atoms with E-state index >= 15 is 0 Å². The molecule has 1 fully saturated rings. The molecular formula is C14H19N3. The van der Waals surface area contributed by atoms with E-state index in [1.165, 1.54) is 0 Å². The van der Waals surface area contributed by atoms with Gasteiger partial charge in [-0.15, -0.1) is 0 Å². The van der Waals surface area contributed by atoms with Gasteiger partial charge in [-0.1, -0.05) is 25.1 Å². The van der Waals surface area contributed by atoms with Gasteiger partial charge in [0.1, 0.15) is 0 Å². The van der Waals surface area contributed by atoms with Gasteiger partial charge in [0, 0.05) is 32.7 Å². The molecular weight excluding hydrogens is 210 g/mol. The Bertz CT molecular complexity index is 400. The van der Waals surface area contributed by atoms with Crippen LogP contribution in [-0.2, 0) is 6.54 Å². The van der Waals surface area contributed by atoms with Crippen molar-refractivity contribution in [1.82, 2.24) is 9.80 Å². The van der Waals surface area contributed by atoms with Crippen molar-refractivity contribution in [3.05, 3.63) is 35.4 Å². The van der Waals surface area contributed by atoms with E-state index in [1.807, 2.05) is 18.2 Å². The number of hydrogen-bond donors (Lipinski definition) is 0. The first-order valence-corrected chi connectivity index (χ1v) is 6.26. The summed E-state index contributed by atoms with van der Waals surface area (Å²) in [5.74, 6) is 0. The fourth-order valence-electron chi connectivity index (χ4n) is 2.27. The Morgan fingerprint density at radius 1 is 1.12 bits per heavy atom. The lowest BCUT2D eigenvalue weighted by Crippen LogP contribution is -2.45. The molecule has 0 radical (unpaired) electrons. The Balaban J connectivity index is 1.96. The summed E-state index contributed by atoms with van der Waals surface area (Å²) in [5.41, 5.74) is 1.96. The van der Waals surface area contributed by atoms with Crippen molar-refractivity contribution in [2.45, 2.75) is 13.5 Å². The molecule has 90 valence electrons. The molecule has 17 heavy (non-hydrogen) atoms. The number of nitrogens with zero attached hydrogens (tertiary/aromatic N) is 3. The monoisotopic (exact) mass is 229 g/mol. The van der Waals surface area contributed by atoms with Crippen LogP contribution in [0.2, 0.25) is 0 Å². The molecule has 0 aromatic heterocycles. The van der Waals surface area contributed by atoms with Crippen LogP contribution >= 0.6 is 0 Å². The van der Waals surface area contributed by atoms with E-state index in [0.717, 1.165) is 50.4 Å². The van der Waals surface area contributed by atoms with E-state index in [4.69, 9.17) is 5.26 Å². The maximum Gasteiger partial charge on any atom is 0.0995 e. The molecule has 0 amide bonds. The van der Waals surface area contributed by atoms with Gasteiger partial charge in [0.05, 0.1) is 11.6 Å². The number of benzene rings is 1. The molecule has 0 unspecified atom stereocenters. The predicted molar refractivity (Wildman–Crippen MR) is 68.5 cm³/mol. The van der Waals surface area contributed by atoms with Crippen molar-refractivity contribution in [2.24, 2.45) is 0 Å². The van der Waals surface area contributed by atoms with E-state index in [2.05, 4.69) is 28.9 Å². The van der Waals surface area contributed by atoms with Gasteiger partial charge in [-0.3, -0.25) is 4.90 Å². The molecule has 1 aliphatic heterocycles. The first-order valence-electron chi connectivity index (χ1n) is 6.26. The Morgan fingerprint density at radius 3 is 2.41 bits per heavy atom. The van der Waals surface area contributed by atoms with Gasteiger partial charge in [-0.2, -0.15) is 5.26 Å². The van der Waals surface area contributed by atoms with Crippen LogP contribution in [0.25, 0.3) is 0 Å². The van der Waals surface area contributed by atoms with Crippen LogP contribution < -0.4 is 0 Å². The summed E-state index contributed by atoms with van der Waals surface area (Å²) in [5, 5.41) is 9.05. The smallest absolute Gasteiger partial charge is 0.0995 e. The van der Waals surface area contributed by atoms with Crippen LogP contribution in [0.3, 0.4) is 0 Å². The summed E-state index contributed by atoms with van der Waals surface area (Å²) in [6.07, 6.45) is 0. The van der Waals surface area contributed by atoms with Crippen LogP contribution in [0.4, 0.5) is 0 Å². The second kappa shape index (κ2) is 5.81. The van der Waals surface area contributed by atoms with Gasteiger partial charge in [-0.25, -0.2) is 0 Å². The SMILES string of the molecule is CCN1CCN(Cc2ccccc2C#N)CC1. The lowest BCUT2D eigenvalue weighted by Gasteiger charge is -2.34. The molecule has 0 saturated carbocycles. The van der Waals surface area contributed by atoms with Crippen LogP contribution in [0.1, 0.15) is 18.1 Å². The Hall–Kier alpha value is -1.37. The largest absolute Gasteiger partial charge is 0.301 e. The standard InChI is InChI=1S/C14H19N3/c1-2-16-7-9-17(10-8-16)12-14-6-4-3-5-13(14)11-15/h3-6H,2,7-10,12H2,1H3. The zero-order valence-corrected chi connectivity index (χ0v) is 10.4. The summed E-state index contributed by atoms with van der Waals surface area (Å²) in [7, 11) is 0. The summed E-state index contributed by atoms with van der Waals surface area (Å²) in [6.45, 7) is 8.75.